The van der Waals surface area contributed by atoms with Crippen LogP contribution in [0.2, 0.25) is 10.0 Å². The number of benzene rings is 3. The maximum atomic E-state index is 14.0. The number of aromatic nitrogens is 1. The minimum Gasteiger partial charge on any atom is -0.459 e. The Labute approximate surface area is 243 Å². The maximum absolute atomic E-state index is 14.0. The van der Waals surface area contributed by atoms with Gasteiger partial charge < -0.3 is 4.74 Å². The Morgan fingerprint density at radius 2 is 1.57 bits per heavy atom. The molecule has 0 spiro atoms. The lowest BCUT2D eigenvalue weighted by atomic mass is 9.97. The highest BCUT2D eigenvalue weighted by molar-refractivity contribution is 7.93. The van der Waals surface area contributed by atoms with E-state index in [9.17, 15) is 18.0 Å². The van der Waals surface area contributed by atoms with Crippen molar-refractivity contribution in [3.05, 3.63) is 100 Å². The van der Waals surface area contributed by atoms with Gasteiger partial charge >= 0.3 is 5.97 Å². The molecule has 4 rings (SSSR count). The van der Waals surface area contributed by atoms with Crippen molar-refractivity contribution in [2.24, 2.45) is 0 Å². The number of fused-ring (bicyclic) bond motifs is 1. The molecule has 40 heavy (non-hydrogen) atoms. The van der Waals surface area contributed by atoms with E-state index in [4.69, 9.17) is 27.9 Å². The highest BCUT2D eigenvalue weighted by atomic mass is 35.5. The smallest absolute Gasteiger partial charge is 0.327 e. The number of ketones is 1. The van der Waals surface area contributed by atoms with Crippen LogP contribution in [0.1, 0.15) is 43.2 Å². The van der Waals surface area contributed by atoms with E-state index < -0.39 is 28.1 Å². The Balaban J connectivity index is 1.80. The van der Waals surface area contributed by atoms with Crippen LogP contribution < -0.4 is 4.31 Å². The Morgan fingerprint density at radius 1 is 0.900 bits per heavy atom. The van der Waals surface area contributed by atoms with Crippen molar-refractivity contribution in [2.75, 3.05) is 10.8 Å². The Kier molecular flexibility index (Phi) is 8.83. The lowest BCUT2D eigenvalue weighted by Gasteiger charge is -2.27. The van der Waals surface area contributed by atoms with Crippen molar-refractivity contribution in [3.8, 4) is 0 Å². The Hall–Kier alpha value is -3.46. The van der Waals surface area contributed by atoms with Crippen molar-refractivity contribution in [3.63, 3.8) is 0 Å². The quantitative estimate of drug-likeness (QED) is 0.154. The number of nitrogens with zero attached hydrogens (tertiary/aromatic N) is 2. The largest absolute Gasteiger partial charge is 0.459 e. The second-order valence-electron chi connectivity index (χ2n) is 10.1. The Morgan fingerprint density at radius 3 is 2.23 bits per heavy atom. The molecule has 4 aromatic rings. The SMILES string of the molecule is CC(C)(C)OC(=O)CN(c1cccc2c(C(=O)CCc3ccccn3)cccc12)S(=O)(=O)c1cc(Cl)cc(Cl)c1. The average molecular weight is 600 g/mol. The van der Waals surface area contributed by atoms with E-state index in [1.54, 1.807) is 63.4 Å². The van der Waals surface area contributed by atoms with E-state index in [0.29, 0.717) is 22.8 Å². The number of esters is 1. The molecule has 7 nitrogen and oxygen atoms in total. The van der Waals surface area contributed by atoms with E-state index >= 15 is 0 Å². The van der Waals surface area contributed by atoms with Crippen molar-refractivity contribution in [1.82, 2.24) is 4.98 Å². The van der Waals surface area contributed by atoms with E-state index in [2.05, 4.69) is 4.98 Å². The van der Waals surface area contributed by atoms with Crippen LogP contribution in [0.15, 0.2) is 83.9 Å². The van der Waals surface area contributed by atoms with Gasteiger partial charge in [0.25, 0.3) is 10.0 Å². The first kappa shape index (κ1) is 29.5. The number of hydrogen-bond donors (Lipinski definition) is 0. The molecule has 0 aliphatic rings. The number of carbonyl (C=O) groups is 2. The number of sulfonamides is 1. The molecule has 10 heteroatoms. The van der Waals surface area contributed by atoms with Crippen LogP contribution in [0.4, 0.5) is 5.69 Å². The summed E-state index contributed by atoms with van der Waals surface area (Å²) >= 11 is 12.2. The second kappa shape index (κ2) is 12.0. The summed E-state index contributed by atoms with van der Waals surface area (Å²) in [4.78, 5) is 30.3. The number of halogens is 2. The zero-order chi connectivity index (χ0) is 29.1. The minimum absolute atomic E-state index is 0.114. The van der Waals surface area contributed by atoms with Crippen LogP contribution >= 0.6 is 23.2 Å². The van der Waals surface area contributed by atoms with Gasteiger partial charge in [-0.3, -0.25) is 18.9 Å². The van der Waals surface area contributed by atoms with Gasteiger partial charge in [0.15, 0.2) is 5.78 Å². The first-order valence-corrected chi connectivity index (χ1v) is 14.7. The summed E-state index contributed by atoms with van der Waals surface area (Å²) in [5.41, 5.74) is 0.610. The van der Waals surface area contributed by atoms with Gasteiger partial charge in [-0.15, -0.1) is 0 Å². The fourth-order valence-electron chi connectivity index (χ4n) is 4.27. The zero-order valence-electron chi connectivity index (χ0n) is 22.2. The summed E-state index contributed by atoms with van der Waals surface area (Å²) in [6, 6.07) is 19.6. The van der Waals surface area contributed by atoms with Gasteiger partial charge in [-0.2, -0.15) is 0 Å². The van der Waals surface area contributed by atoms with Gasteiger partial charge in [-0.1, -0.05) is 59.6 Å². The second-order valence-corrected chi connectivity index (χ2v) is 12.9. The molecule has 0 amide bonds. The predicted octanol–water partition coefficient (Wildman–Crippen LogP) is 6.89. The van der Waals surface area contributed by atoms with Crippen LogP contribution in [0, 0.1) is 0 Å². The van der Waals surface area contributed by atoms with Crippen LogP contribution in [0.5, 0.6) is 0 Å². The molecule has 0 radical (unpaired) electrons. The summed E-state index contributed by atoms with van der Waals surface area (Å²) < 4.78 is 34.4. The third kappa shape index (κ3) is 6.99. The van der Waals surface area contributed by atoms with Crippen molar-refractivity contribution < 1.29 is 22.7 Å². The summed E-state index contributed by atoms with van der Waals surface area (Å²) in [6.07, 6.45) is 2.36. The van der Waals surface area contributed by atoms with Gasteiger partial charge in [0.05, 0.1) is 10.6 Å². The van der Waals surface area contributed by atoms with Gasteiger partial charge in [-0.25, -0.2) is 8.42 Å². The molecule has 1 heterocycles. The number of carbonyl (C=O) groups excluding carboxylic acids is 2. The lowest BCUT2D eigenvalue weighted by Crippen LogP contribution is -2.39. The number of hydrogen-bond acceptors (Lipinski definition) is 6. The predicted molar refractivity (Wildman–Crippen MR) is 158 cm³/mol. The molecular formula is C30H28Cl2N2O5S. The average Bonchev–Trinajstić information content (AvgIpc) is 2.89. The molecule has 0 atom stereocenters. The number of pyridine rings is 1. The summed E-state index contributed by atoms with van der Waals surface area (Å²) in [6.45, 7) is 4.48. The fraction of sp³-hybridized carbons (Fsp3) is 0.233. The van der Waals surface area contributed by atoms with Gasteiger partial charge in [0.1, 0.15) is 12.1 Å². The topological polar surface area (TPSA) is 93.6 Å². The lowest BCUT2D eigenvalue weighted by molar-refractivity contribution is -0.152. The third-order valence-electron chi connectivity index (χ3n) is 5.92. The van der Waals surface area contributed by atoms with Gasteiger partial charge in [0, 0.05) is 39.3 Å². The maximum Gasteiger partial charge on any atom is 0.327 e. The van der Waals surface area contributed by atoms with Gasteiger partial charge in [0.2, 0.25) is 0 Å². The standard InChI is InChI=1S/C30H28Cl2N2O5S/c1-30(2,3)39-29(36)19-34(40(37,38)23-17-20(31)16-21(32)18-23)27-12-7-9-24-25(27)10-6-11-26(24)28(35)14-13-22-8-4-5-15-33-22/h4-12,15-18H,13-14,19H2,1-3H3. The number of anilines is 1. The number of rotatable bonds is 9. The first-order chi connectivity index (χ1) is 18.8. The number of aryl methyl sites for hydroxylation is 1. The Bertz CT molecular complexity index is 1650. The van der Waals surface area contributed by atoms with E-state index in [0.717, 1.165) is 10.00 Å². The van der Waals surface area contributed by atoms with Crippen molar-refractivity contribution in [1.29, 1.82) is 0 Å². The minimum atomic E-state index is -4.35. The van der Waals surface area contributed by atoms with Crippen LogP contribution in [-0.4, -0.2) is 37.3 Å². The fourth-order valence-corrected chi connectivity index (χ4v) is 6.43. The summed E-state index contributed by atoms with van der Waals surface area (Å²) in [5, 5.41) is 1.29. The molecule has 0 fully saturated rings. The number of ether oxygens (including phenoxy) is 1. The van der Waals surface area contributed by atoms with Crippen LogP contribution in [-0.2, 0) is 26.0 Å². The molecular weight excluding hydrogens is 571 g/mol. The molecule has 0 aliphatic carbocycles. The molecule has 208 valence electrons. The zero-order valence-corrected chi connectivity index (χ0v) is 24.6. The highest BCUT2D eigenvalue weighted by Gasteiger charge is 2.31. The van der Waals surface area contributed by atoms with E-state index in [1.807, 2.05) is 18.2 Å². The summed E-state index contributed by atoms with van der Waals surface area (Å²) in [7, 11) is -4.35. The van der Waals surface area contributed by atoms with Crippen molar-refractivity contribution >= 4 is 61.4 Å². The van der Waals surface area contributed by atoms with Gasteiger partial charge in [-0.05, 0) is 69.0 Å². The first-order valence-electron chi connectivity index (χ1n) is 12.5. The number of Topliss-reactive ketones (excluding diaryl/α,β-unsaturated/α-hetero) is 1. The molecule has 1 aromatic heterocycles. The normalized spacial score (nSPS) is 11.8. The van der Waals surface area contributed by atoms with Crippen molar-refractivity contribution in [2.45, 2.75) is 44.1 Å². The summed E-state index contributed by atoms with van der Waals surface area (Å²) in [5.74, 6) is -0.861. The molecule has 0 bridgehead atoms. The highest BCUT2D eigenvalue weighted by Crippen LogP contribution is 2.34. The van der Waals surface area contributed by atoms with E-state index in [1.165, 1.54) is 18.2 Å². The third-order valence-corrected chi connectivity index (χ3v) is 8.09. The molecule has 0 N–H and O–H groups in total. The molecule has 3 aromatic carbocycles. The molecule has 0 saturated carbocycles. The monoisotopic (exact) mass is 598 g/mol. The molecule has 0 aliphatic heterocycles. The van der Waals surface area contributed by atoms with Crippen LogP contribution in [0.3, 0.4) is 0 Å². The van der Waals surface area contributed by atoms with Crippen LogP contribution in [0.25, 0.3) is 10.8 Å². The van der Waals surface area contributed by atoms with E-state index in [-0.39, 0.29) is 32.8 Å². The molecule has 0 unspecified atom stereocenters. The molecule has 0 saturated heterocycles.